The highest BCUT2D eigenvalue weighted by molar-refractivity contribution is 5.85. The second kappa shape index (κ2) is 8.87. The summed E-state index contributed by atoms with van der Waals surface area (Å²) in [6.45, 7) is 2.85. The lowest BCUT2D eigenvalue weighted by atomic mass is 10.2. The van der Waals surface area contributed by atoms with Gasteiger partial charge in [0.2, 0.25) is 5.91 Å². The summed E-state index contributed by atoms with van der Waals surface area (Å²) in [5.41, 5.74) is 5.53. The van der Waals surface area contributed by atoms with E-state index < -0.39 is 0 Å². The molecule has 1 amide bonds. The maximum atomic E-state index is 11.9. The summed E-state index contributed by atoms with van der Waals surface area (Å²) in [5, 5.41) is 2.86. The van der Waals surface area contributed by atoms with E-state index in [1.165, 1.54) is 0 Å². The third kappa shape index (κ3) is 5.53. The van der Waals surface area contributed by atoms with Crippen LogP contribution in [0.5, 0.6) is 5.75 Å². The lowest BCUT2D eigenvalue weighted by molar-refractivity contribution is -0.132. The third-order valence-corrected chi connectivity index (χ3v) is 3.31. The molecule has 1 fully saturated rings. The molecule has 1 aliphatic rings. The van der Waals surface area contributed by atoms with E-state index in [9.17, 15) is 4.79 Å². The number of hydrogen-bond donors (Lipinski definition) is 2. The van der Waals surface area contributed by atoms with Crippen molar-refractivity contribution in [2.24, 2.45) is 5.73 Å². The Hall–Kier alpha value is -1.30. The molecule has 1 saturated heterocycles. The van der Waals surface area contributed by atoms with Gasteiger partial charge in [0.25, 0.3) is 0 Å². The summed E-state index contributed by atoms with van der Waals surface area (Å²) in [5.74, 6) is 0.721. The van der Waals surface area contributed by atoms with E-state index in [4.69, 9.17) is 15.2 Å². The molecule has 3 atom stereocenters. The highest BCUT2D eigenvalue weighted by Gasteiger charge is 2.29. The Kier molecular flexibility index (Phi) is 7.50. The highest BCUT2D eigenvalue weighted by Crippen LogP contribution is 2.18. The molecule has 118 valence electrons. The molecule has 1 aromatic rings. The maximum absolute atomic E-state index is 11.9. The van der Waals surface area contributed by atoms with E-state index in [1.54, 1.807) is 0 Å². The fraction of sp³-hybridized carbons (Fsp3) is 0.533. The van der Waals surface area contributed by atoms with Crippen molar-refractivity contribution in [2.75, 3.05) is 13.1 Å². The number of carbonyl (C=O) groups is 1. The number of ether oxygens (including phenoxy) is 2. The van der Waals surface area contributed by atoms with Gasteiger partial charge < -0.3 is 20.5 Å². The number of nitrogens with one attached hydrogen (secondary N) is 1. The van der Waals surface area contributed by atoms with Crippen LogP contribution in [0.1, 0.15) is 19.8 Å². The van der Waals surface area contributed by atoms with Crippen molar-refractivity contribution in [1.29, 1.82) is 0 Å². The van der Waals surface area contributed by atoms with Crippen molar-refractivity contribution in [3.8, 4) is 5.75 Å². The number of hydrogen-bond acceptors (Lipinski definition) is 4. The molecular weight excluding hydrogens is 292 g/mol. The van der Waals surface area contributed by atoms with Crippen LogP contribution in [0.2, 0.25) is 0 Å². The minimum atomic E-state index is -0.368. The normalized spacial score (nSPS) is 22.2. The van der Waals surface area contributed by atoms with E-state index in [0.717, 1.165) is 18.6 Å². The predicted molar refractivity (Wildman–Crippen MR) is 83.7 cm³/mol. The highest BCUT2D eigenvalue weighted by atomic mass is 35.5. The zero-order valence-electron chi connectivity index (χ0n) is 12.2. The van der Waals surface area contributed by atoms with Crippen LogP contribution in [0.4, 0.5) is 0 Å². The summed E-state index contributed by atoms with van der Waals surface area (Å²) < 4.78 is 11.2. The SMILES string of the molecule is CC(CNC(=O)[C@@H]1CC[C@H](CN)O1)Oc1ccccc1.Cl. The Morgan fingerprint density at radius 1 is 1.43 bits per heavy atom. The van der Waals surface area contributed by atoms with Crippen molar-refractivity contribution in [1.82, 2.24) is 5.32 Å². The third-order valence-electron chi connectivity index (χ3n) is 3.31. The molecule has 0 aromatic heterocycles. The average Bonchev–Trinajstić information content (AvgIpc) is 2.95. The molecule has 21 heavy (non-hydrogen) atoms. The molecule has 1 heterocycles. The van der Waals surface area contributed by atoms with Crippen molar-refractivity contribution >= 4 is 18.3 Å². The molecule has 2 rings (SSSR count). The molecule has 1 aliphatic heterocycles. The van der Waals surface area contributed by atoms with Gasteiger partial charge in [-0.3, -0.25) is 4.79 Å². The average molecular weight is 315 g/mol. The Bertz CT molecular complexity index is 430. The van der Waals surface area contributed by atoms with E-state index >= 15 is 0 Å². The summed E-state index contributed by atoms with van der Waals surface area (Å²) in [6.07, 6.45) is 1.15. The maximum Gasteiger partial charge on any atom is 0.249 e. The molecule has 3 N–H and O–H groups in total. The van der Waals surface area contributed by atoms with E-state index in [2.05, 4.69) is 5.32 Å². The van der Waals surface area contributed by atoms with Gasteiger partial charge in [-0.25, -0.2) is 0 Å². The molecule has 6 heteroatoms. The quantitative estimate of drug-likeness (QED) is 0.834. The summed E-state index contributed by atoms with van der Waals surface area (Å²) in [4.78, 5) is 11.9. The van der Waals surface area contributed by atoms with Gasteiger partial charge in [-0.15, -0.1) is 12.4 Å². The lowest BCUT2D eigenvalue weighted by Gasteiger charge is -2.17. The Balaban J connectivity index is 0.00000220. The van der Waals surface area contributed by atoms with Crippen LogP contribution >= 0.6 is 12.4 Å². The number of rotatable bonds is 6. The van der Waals surface area contributed by atoms with Crippen LogP contribution in [-0.4, -0.2) is 37.3 Å². The minimum absolute atomic E-state index is 0. The Labute approximate surface area is 131 Å². The first kappa shape index (κ1) is 17.8. The fourth-order valence-electron chi connectivity index (χ4n) is 2.20. The monoisotopic (exact) mass is 314 g/mol. The first-order valence-corrected chi connectivity index (χ1v) is 7.04. The van der Waals surface area contributed by atoms with Gasteiger partial charge in [0.15, 0.2) is 0 Å². The molecular formula is C15H23ClN2O3. The van der Waals surface area contributed by atoms with Gasteiger partial charge in [0.05, 0.1) is 12.6 Å². The number of benzene rings is 1. The topological polar surface area (TPSA) is 73.6 Å². The van der Waals surface area contributed by atoms with Crippen LogP contribution < -0.4 is 15.8 Å². The number of halogens is 1. The molecule has 0 spiro atoms. The zero-order valence-corrected chi connectivity index (χ0v) is 13.0. The predicted octanol–water partition coefficient (Wildman–Crippen LogP) is 1.50. The van der Waals surface area contributed by atoms with E-state index in [-0.39, 0.29) is 36.6 Å². The van der Waals surface area contributed by atoms with Gasteiger partial charge in [0, 0.05) is 6.54 Å². The summed E-state index contributed by atoms with van der Waals surface area (Å²) >= 11 is 0. The van der Waals surface area contributed by atoms with Gasteiger partial charge >= 0.3 is 0 Å². The van der Waals surface area contributed by atoms with Crippen molar-refractivity contribution < 1.29 is 14.3 Å². The Morgan fingerprint density at radius 2 is 2.14 bits per heavy atom. The molecule has 0 bridgehead atoms. The minimum Gasteiger partial charge on any atom is -0.489 e. The van der Waals surface area contributed by atoms with Gasteiger partial charge in [0.1, 0.15) is 18.0 Å². The standard InChI is InChI=1S/C15H22N2O3.ClH/c1-11(19-12-5-3-2-4-6-12)10-17-15(18)14-8-7-13(9-16)20-14;/h2-6,11,13-14H,7-10,16H2,1H3,(H,17,18);1H/t11?,13-,14+;/m1./s1. The van der Waals surface area contributed by atoms with Crippen molar-refractivity contribution in [3.63, 3.8) is 0 Å². The van der Waals surface area contributed by atoms with Crippen LogP contribution in [-0.2, 0) is 9.53 Å². The largest absolute Gasteiger partial charge is 0.489 e. The number of para-hydroxylation sites is 1. The van der Waals surface area contributed by atoms with Crippen molar-refractivity contribution in [2.45, 2.75) is 38.1 Å². The second-order valence-electron chi connectivity index (χ2n) is 5.05. The van der Waals surface area contributed by atoms with Gasteiger partial charge in [-0.05, 0) is 31.9 Å². The number of nitrogens with two attached hydrogens (primary N) is 1. The zero-order chi connectivity index (χ0) is 14.4. The van der Waals surface area contributed by atoms with E-state index in [1.807, 2.05) is 37.3 Å². The number of amides is 1. The summed E-state index contributed by atoms with van der Waals surface area (Å²) in [7, 11) is 0. The van der Waals surface area contributed by atoms with Crippen LogP contribution in [0.15, 0.2) is 30.3 Å². The molecule has 5 nitrogen and oxygen atoms in total. The molecule has 0 aliphatic carbocycles. The lowest BCUT2D eigenvalue weighted by Crippen LogP contribution is -2.40. The number of carbonyl (C=O) groups excluding carboxylic acids is 1. The summed E-state index contributed by atoms with van der Waals surface area (Å²) in [6, 6.07) is 9.55. The van der Waals surface area contributed by atoms with Crippen molar-refractivity contribution in [3.05, 3.63) is 30.3 Å². The molecule has 1 aromatic carbocycles. The second-order valence-corrected chi connectivity index (χ2v) is 5.05. The van der Waals surface area contributed by atoms with Crippen LogP contribution in [0.3, 0.4) is 0 Å². The molecule has 0 saturated carbocycles. The fourth-order valence-corrected chi connectivity index (χ4v) is 2.20. The van der Waals surface area contributed by atoms with Crippen LogP contribution in [0.25, 0.3) is 0 Å². The smallest absolute Gasteiger partial charge is 0.249 e. The van der Waals surface area contributed by atoms with Crippen LogP contribution in [0, 0.1) is 0 Å². The first-order chi connectivity index (χ1) is 9.69. The molecule has 0 radical (unpaired) electrons. The first-order valence-electron chi connectivity index (χ1n) is 7.04. The Morgan fingerprint density at radius 3 is 2.76 bits per heavy atom. The van der Waals surface area contributed by atoms with Gasteiger partial charge in [-0.1, -0.05) is 18.2 Å². The van der Waals surface area contributed by atoms with E-state index in [0.29, 0.717) is 13.1 Å². The molecule has 1 unspecified atom stereocenters. The van der Waals surface area contributed by atoms with Gasteiger partial charge in [-0.2, -0.15) is 0 Å².